The first-order valence-electron chi connectivity index (χ1n) is 3.95. The van der Waals surface area contributed by atoms with E-state index in [1.54, 1.807) is 12.1 Å². The lowest BCUT2D eigenvalue weighted by Crippen LogP contribution is -2.14. The number of nitrogens with two attached hydrogens (primary N) is 2. The van der Waals surface area contributed by atoms with Crippen molar-refractivity contribution in [3.05, 3.63) is 29.8 Å². The summed E-state index contributed by atoms with van der Waals surface area (Å²) in [4.78, 5) is 10.2. The molecule has 1 amide bonds. The summed E-state index contributed by atoms with van der Waals surface area (Å²) in [6.07, 6.45) is -0.0844. The highest BCUT2D eigenvalue weighted by Gasteiger charge is 1.95. The third kappa shape index (κ3) is 3.46. The van der Waals surface area contributed by atoms with E-state index in [2.05, 4.69) is 4.74 Å². The highest BCUT2D eigenvalue weighted by molar-refractivity contribution is 5.64. The van der Waals surface area contributed by atoms with Gasteiger partial charge < -0.3 is 16.2 Å². The summed E-state index contributed by atoms with van der Waals surface area (Å²) in [5.74, 6) is 0. The molecule has 70 valence electrons. The zero-order valence-electron chi connectivity index (χ0n) is 7.19. The van der Waals surface area contributed by atoms with Gasteiger partial charge in [-0.3, -0.25) is 0 Å². The van der Waals surface area contributed by atoms with Gasteiger partial charge in [-0.25, -0.2) is 4.79 Å². The first-order valence-corrected chi connectivity index (χ1v) is 3.95. The number of ether oxygens (including phenoxy) is 1. The Morgan fingerprint density at radius 3 is 2.46 bits per heavy atom. The molecule has 4 nitrogen and oxygen atoms in total. The third-order valence-electron chi connectivity index (χ3n) is 1.61. The highest BCUT2D eigenvalue weighted by Crippen LogP contribution is 2.05. The Morgan fingerprint density at radius 1 is 1.31 bits per heavy atom. The fraction of sp³-hybridized carbons (Fsp3) is 0.222. The Bertz CT molecular complexity index is 282. The minimum Gasteiger partial charge on any atom is -0.449 e. The summed E-state index contributed by atoms with van der Waals surface area (Å²) in [7, 11) is 0. The van der Waals surface area contributed by atoms with Gasteiger partial charge in [-0.2, -0.15) is 0 Å². The minimum absolute atomic E-state index is 0.305. The molecule has 1 aromatic carbocycles. The summed E-state index contributed by atoms with van der Waals surface area (Å²) in [6, 6.07) is 7.39. The average molecular weight is 180 g/mol. The van der Waals surface area contributed by atoms with E-state index in [4.69, 9.17) is 11.5 Å². The Balaban J connectivity index is 2.37. The van der Waals surface area contributed by atoms with Crippen molar-refractivity contribution in [3.8, 4) is 0 Å². The molecule has 0 aliphatic heterocycles. The molecule has 4 N–H and O–H groups in total. The molecule has 0 aliphatic rings. The maximum atomic E-state index is 10.2. The van der Waals surface area contributed by atoms with E-state index in [0.29, 0.717) is 13.0 Å². The molecule has 13 heavy (non-hydrogen) atoms. The highest BCUT2D eigenvalue weighted by atomic mass is 16.5. The van der Waals surface area contributed by atoms with Gasteiger partial charge in [-0.15, -0.1) is 0 Å². The van der Waals surface area contributed by atoms with Gasteiger partial charge in [-0.1, -0.05) is 12.1 Å². The summed E-state index contributed by atoms with van der Waals surface area (Å²) < 4.78 is 4.58. The smallest absolute Gasteiger partial charge is 0.404 e. The van der Waals surface area contributed by atoms with Gasteiger partial charge in [0.15, 0.2) is 0 Å². The molecule has 0 saturated carbocycles. The maximum absolute atomic E-state index is 10.2. The van der Waals surface area contributed by atoms with Crippen LogP contribution < -0.4 is 11.5 Å². The molecule has 0 unspecified atom stereocenters. The molecule has 0 radical (unpaired) electrons. The van der Waals surface area contributed by atoms with Gasteiger partial charge in [0.2, 0.25) is 0 Å². The third-order valence-corrected chi connectivity index (χ3v) is 1.61. The van der Waals surface area contributed by atoms with Crippen LogP contribution in [0.3, 0.4) is 0 Å². The van der Waals surface area contributed by atoms with Crippen LogP contribution in [-0.2, 0) is 11.2 Å². The number of hydrogen-bond donors (Lipinski definition) is 2. The molecule has 0 bridgehead atoms. The van der Waals surface area contributed by atoms with Crippen LogP contribution in [0.15, 0.2) is 24.3 Å². The normalized spacial score (nSPS) is 9.54. The zero-order chi connectivity index (χ0) is 9.68. The Labute approximate surface area is 76.5 Å². The largest absolute Gasteiger partial charge is 0.449 e. The second-order valence-electron chi connectivity index (χ2n) is 2.66. The molecule has 0 saturated heterocycles. The number of carbonyl (C=O) groups excluding carboxylic acids is 1. The Hall–Kier alpha value is -1.71. The lowest BCUT2D eigenvalue weighted by molar-refractivity contribution is 0.158. The van der Waals surface area contributed by atoms with Gasteiger partial charge in [0.25, 0.3) is 0 Å². The van der Waals surface area contributed by atoms with Crippen molar-refractivity contribution < 1.29 is 9.53 Å². The van der Waals surface area contributed by atoms with Crippen molar-refractivity contribution in [1.29, 1.82) is 0 Å². The van der Waals surface area contributed by atoms with Gasteiger partial charge in [0.05, 0.1) is 6.61 Å². The van der Waals surface area contributed by atoms with Gasteiger partial charge in [0, 0.05) is 12.1 Å². The summed E-state index contributed by atoms with van der Waals surface area (Å²) in [5, 5.41) is 0. The van der Waals surface area contributed by atoms with Gasteiger partial charge >= 0.3 is 6.09 Å². The standard InChI is InChI=1S/C9H12N2O2/c10-8-3-1-7(2-4-8)5-6-13-9(11)12/h1-4H,5-6,10H2,(H2,11,12). The van der Waals surface area contributed by atoms with Crippen molar-refractivity contribution in [2.75, 3.05) is 12.3 Å². The van der Waals surface area contributed by atoms with E-state index in [1.807, 2.05) is 12.1 Å². The molecular formula is C9H12N2O2. The van der Waals surface area contributed by atoms with Crippen LogP contribution in [0.4, 0.5) is 10.5 Å². The predicted molar refractivity (Wildman–Crippen MR) is 50.1 cm³/mol. The van der Waals surface area contributed by atoms with Crippen LogP contribution in [0.25, 0.3) is 0 Å². The molecule has 1 rings (SSSR count). The first-order chi connectivity index (χ1) is 6.18. The monoisotopic (exact) mass is 180 g/mol. The van der Waals surface area contributed by atoms with E-state index in [-0.39, 0.29) is 0 Å². The molecule has 0 aliphatic carbocycles. The Kier molecular flexibility index (Phi) is 3.14. The molecule has 1 aromatic rings. The van der Waals surface area contributed by atoms with Crippen LogP contribution in [0.1, 0.15) is 5.56 Å². The second kappa shape index (κ2) is 4.35. The van der Waals surface area contributed by atoms with E-state index in [1.165, 1.54) is 0 Å². The fourth-order valence-corrected chi connectivity index (χ4v) is 0.954. The van der Waals surface area contributed by atoms with Gasteiger partial charge in [0.1, 0.15) is 0 Å². The molecule has 0 atom stereocenters. The number of carbonyl (C=O) groups is 1. The van der Waals surface area contributed by atoms with E-state index < -0.39 is 6.09 Å². The maximum Gasteiger partial charge on any atom is 0.404 e. The summed E-state index contributed by atoms with van der Waals surface area (Å²) in [6.45, 7) is 0.305. The van der Waals surface area contributed by atoms with Gasteiger partial charge in [-0.05, 0) is 17.7 Å². The van der Waals surface area contributed by atoms with Crippen LogP contribution in [0, 0.1) is 0 Å². The number of benzene rings is 1. The van der Waals surface area contributed by atoms with Crippen LogP contribution >= 0.6 is 0 Å². The van der Waals surface area contributed by atoms with E-state index >= 15 is 0 Å². The SMILES string of the molecule is NC(=O)OCCc1ccc(N)cc1. The zero-order valence-corrected chi connectivity index (χ0v) is 7.19. The van der Waals surface area contributed by atoms with Crippen LogP contribution in [0.2, 0.25) is 0 Å². The number of nitrogen functional groups attached to an aromatic ring is 1. The molecule has 0 spiro atoms. The first kappa shape index (κ1) is 9.38. The lowest BCUT2D eigenvalue weighted by Gasteiger charge is -2.01. The average Bonchev–Trinajstić information content (AvgIpc) is 2.08. The molecule has 0 fully saturated rings. The van der Waals surface area contributed by atoms with Crippen molar-refractivity contribution in [2.45, 2.75) is 6.42 Å². The lowest BCUT2D eigenvalue weighted by atomic mass is 10.1. The molecule has 0 aromatic heterocycles. The predicted octanol–water partition coefficient (Wildman–Crippen LogP) is 0.907. The van der Waals surface area contributed by atoms with Crippen LogP contribution in [-0.4, -0.2) is 12.7 Å². The fourth-order valence-electron chi connectivity index (χ4n) is 0.954. The minimum atomic E-state index is -0.740. The van der Waals surface area contributed by atoms with Crippen molar-refractivity contribution in [1.82, 2.24) is 0 Å². The van der Waals surface area contributed by atoms with Crippen LogP contribution in [0.5, 0.6) is 0 Å². The van der Waals surface area contributed by atoms with E-state index in [9.17, 15) is 4.79 Å². The van der Waals surface area contributed by atoms with Crippen molar-refractivity contribution in [2.24, 2.45) is 5.73 Å². The molecule has 4 heteroatoms. The quantitative estimate of drug-likeness (QED) is 0.678. The number of anilines is 1. The molecule has 0 heterocycles. The summed E-state index contributed by atoms with van der Waals surface area (Å²) >= 11 is 0. The Morgan fingerprint density at radius 2 is 1.92 bits per heavy atom. The number of hydrogen-bond acceptors (Lipinski definition) is 3. The topological polar surface area (TPSA) is 78.3 Å². The number of primary amides is 1. The number of rotatable bonds is 3. The second-order valence-corrected chi connectivity index (χ2v) is 2.66. The van der Waals surface area contributed by atoms with E-state index in [0.717, 1.165) is 11.3 Å². The number of amides is 1. The summed E-state index contributed by atoms with van der Waals surface area (Å²) in [5.41, 5.74) is 12.1. The molecular weight excluding hydrogens is 168 g/mol. The van der Waals surface area contributed by atoms with Crippen molar-refractivity contribution in [3.63, 3.8) is 0 Å². The van der Waals surface area contributed by atoms with Crippen molar-refractivity contribution >= 4 is 11.8 Å².